The molecule has 2 amide bonds. The summed E-state index contributed by atoms with van der Waals surface area (Å²) in [5, 5.41) is 22.3. The van der Waals surface area contributed by atoms with Crippen LogP contribution in [0.3, 0.4) is 0 Å². The second kappa shape index (κ2) is 15.0. The molecule has 1 heterocycles. The quantitative estimate of drug-likeness (QED) is 0.0710. The van der Waals surface area contributed by atoms with Crippen molar-refractivity contribution in [3.05, 3.63) is 113 Å². The SMILES string of the molecule is CCOc1cc([C@H]2NC(=O)NC(C)=C2C(=O)OC)ccc1OC[C@H](O)N/N=C/c1c(OCc2ccccc2)ccc2ccccc12. The fraction of sp³-hybridized carbons (Fsp3) is 0.229. The first-order chi connectivity index (χ1) is 22.4. The molecule has 0 saturated carbocycles. The summed E-state index contributed by atoms with van der Waals surface area (Å²) in [6, 6.07) is 25.6. The summed E-state index contributed by atoms with van der Waals surface area (Å²) in [5.74, 6) is 0.829. The van der Waals surface area contributed by atoms with Crippen molar-refractivity contribution in [2.75, 3.05) is 20.3 Å². The molecule has 0 spiro atoms. The molecule has 11 nitrogen and oxygen atoms in total. The van der Waals surface area contributed by atoms with Crippen molar-refractivity contribution in [2.45, 2.75) is 32.7 Å². The Morgan fingerprint density at radius 2 is 1.74 bits per heavy atom. The Bertz CT molecular complexity index is 1760. The van der Waals surface area contributed by atoms with Gasteiger partial charge in [0.2, 0.25) is 0 Å². The zero-order valence-electron chi connectivity index (χ0n) is 25.8. The van der Waals surface area contributed by atoms with Crippen LogP contribution in [0, 0.1) is 0 Å². The summed E-state index contributed by atoms with van der Waals surface area (Å²) >= 11 is 0. The number of methoxy groups -OCH3 is 1. The molecule has 5 rings (SSSR count). The van der Waals surface area contributed by atoms with E-state index < -0.39 is 24.3 Å². The molecule has 0 saturated heterocycles. The van der Waals surface area contributed by atoms with Crippen LogP contribution in [-0.4, -0.2) is 49.9 Å². The van der Waals surface area contributed by atoms with Crippen LogP contribution in [-0.2, 0) is 16.1 Å². The lowest BCUT2D eigenvalue weighted by Crippen LogP contribution is -2.45. The van der Waals surface area contributed by atoms with E-state index in [0.29, 0.717) is 41.7 Å². The number of urea groups is 1. The Morgan fingerprint density at radius 3 is 2.52 bits per heavy atom. The van der Waals surface area contributed by atoms with Crippen molar-refractivity contribution in [3.63, 3.8) is 0 Å². The molecule has 1 aliphatic rings. The van der Waals surface area contributed by atoms with E-state index in [1.807, 2.05) is 73.7 Å². The average molecular weight is 625 g/mol. The van der Waals surface area contributed by atoms with Gasteiger partial charge in [-0.3, -0.25) is 5.43 Å². The Morgan fingerprint density at radius 1 is 0.978 bits per heavy atom. The van der Waals surface area contributed by atoms with Gasteiger partial charge in [0.25, 0.3) is 0 Å². The molecular weight excluding hydrogens is 588 g/mol. The second-order valence-electron chi connectivity index (χ2n) is 10.4. The standard InChI is InChI=1S/C35H36N4O7/c1-4-44-30-18-25(33-32(34(41)43-3)22(2)37-35(42)38-33)15-17-29(30)46-21-31(40)39-36-19-27-26-13-9-8-12-24(26)14-16-28(27)45-20-23-10-6-5-7-11-23/h5-19,31,33,39-40H,4,20-21H2,1-3H3,(H2,37,38,42)/b36-19+/t31-,33+/m0/s1. The number of nitrogens with zero attached hydrogens (tertiary/aromatic N) is 1. The predicted octanol–water partition coefficient (Wildman–Crippen LogP) is 4.94. The van der Waals surface area contributed by atoms with Crippen LogP contribution in [0.25, 0.3) is 10.8 Å². The minimum atomic E-state index is -1.16. The number of carbonyl (C=O) groups excluding carboxylic acids is 2. The number of hydrazone groups is 1. The molecule has 0 radical (unpaired) electrons. The van der Waals surface area contributed by atoms with Crippen molar-refractivity contribution in [1.82, 2.24) is 16.1 Å². The maximum atomic E-state index is 12.5. The lowest BCUT2D eigenvalue weighted by Gasteiger charge is -2.28. The highest BCUT2D eigenvalue weighted by atomic mass is 16.5. The number of nitrogens with one attached hydrogen (secondary N) is 3. The van der Waals surface area contributed by atoms with E-state index in [2.05, 4.69) is 21.2 Å². The lowest BCUT2D eigenvalue weighted by atomic mass is 9.95. The summed E-state index contributed by atoms with van der Waals surface area (Å²) in [6.07, 6.45) is 0.461. The second-order valence-corrected chi connectivity index (χ2v) is 10.4. The van der Waals surface area contributed by atoms with E-state index in [1.54, 1.807) is 31.3 Å². The normalized spacial score (nSPS) is 15.2. The Balaban J connectivity index is 1.28. The third kappa shape index (κ3) is 7.56. The number of aliphatic hydroxyl groups is 1. The Labute approximate surface area is 266 Å². The third-order valence-corrected chi connectivity index (χ3v) is 7.26. The fourth-order valence-corrected chi connectivity index (χ4v) is 5.08. The number of fused-ring (bicyclic) bond motifs is 1. The van der Waals surface area contributed by atoms with Crippen LogP contribution in [0.15, 0.2) is 101 Å². The molecule has 0 unspecified atom stereocenters. The van der Waals surface area contributed by atoms with Gasteiger partial charge in [-0.15, -0.1) is 0 Å². The number of carbonyl (C=O) groups is 2. The minimum absolute atomic E-state index is 0.153. The Hall–Kier alpha value is -5.55. The number of amides is 2. The average Bonchev–Trinajstić information content (AvgIpc) is 3.07. The number of benzene rings is 4. The van der Waals surface area contributed by atoms with Gasteiger partial charge in [0.15, 0.2) is 17.7 Å². The zero-order valence-corrected chi connectivity index (χ0v) is 25.8. The highest BCUT2D eigenvalue weighted by Crippen LogP contribution is 2.35. The molecule has 0 aliphatic carbocycles. The number of hydrogen-bond acceptors (Lipinski definition) is 9. The van der Waals surface area contributed by atoms with Gasteiger partial charge in [0, 0.05) is 11.3 Å². The summed E-state index contributed by atoms with van der Waals surface area (Å²) in [5.41, 5.74) is 5.78. The maximum absolute atomic E-state index is 12.5. The summed E-state index contributed by atoms with van der Waals surface area (Å²) in [6.45, 7) is 4.04. The molecule has 2 atom stereocenters. The minimum Gasteiger partial charge on any atom is -0.490 e. The van der Waals surface area contributed by atoms with E-state index in [-0.39, 0.29) is 12.2 Å². The van der Waals surface area contributed by atoms with Crippen LogP contribution in [0.4, 0.5) is 4.79 Å². The largest absolute Gasteiger partial charge is 0.490 e. The van der Waals surface area contributed by atoms with Gasteiger partial charge in [-0.05, 0) is 53.9 Å². The number of esters is 1. The van der Waals surface area contributed by atoms with Crippen LogP contribution in [0.5, 0.6) is 17.2 Å². The molecule has 46 heavy (non-hydrogen) atoms. The number of aliphatic hydroxyl groups excluding tert-OH is 1. The van der Waals surface area contributed by atoms with Crippen LogP contribution in [0.2, 0.25) is 0 Å². The first kappa shape index (κ1) is 31.9. The lowest BCUT2D eigenvalue weighted by molar-refractivity contribution is -0.136. The van der Waals surface area contributed by atoms with E-state index in [0.717, 1.165) is 21.9 Å². The monoisotopic (exact) mass is 624 g/mol. The van der Waals surface area contributed by atoms with Crippen molar-refractivity contribution in [1.29, 1.82) is 0 Å². The number of ether oxygens (including phenoxy) is 4. The number of rotatable bonds is 13. The molecule has 0 aromatic heterocycles. The molecular formula is C35H36N4O7. The first-order valence-corrected chi connectivity index (χ1v) is 14.8. The van der Waals surface area contributed by atoms with E-state index in [9.17, 15) is 14.7 Å². The smallest absolute Gasteiger partial charge is 0.337 e. The molecule has 0 fully saturated rings. The molecule has 11 heteroatoms. The summed E-state index contributed by atoms with van der Waals surface area (Å²) < 4.78 is 22.8. The molecule has 0 bridgehead atoms. The highest BCUT2D eigenvalue weighted by Gasteiger charge is 2.32. The van der Waals surface area contributed by atoms with Gasteiger partial charge in [0.05, 0.1) is 31.5 Å². The summed E-state index contributed by atoms with van der Waals surface area (Å²) in [4.78, 5) is 24.7. The first-order valence-electron chi connectivity index (χ1n) is 14.8. The molecule has 4 aromatic carbocycles. The molecule has 238 valence electrons. The van der Waals surface area contributed by atoms with Crippen LogP contribution in [0.1, 0.15) is 36.6 Å². The van der Waals surface area contributed by atoms with Crippen molar-refractivity contribution >= 4 is 29.0 Å². The third-order valence-electron chi connectivity index (χ3n) is 7.26. The highest BCUT2D eigenvalue weighted by molar-refractivity contribution is 6.02. The predicted molar refractivity (Wildman–Crippen MR) is 174 cm³/mol. The molecule has 1 aliphatic heterocycles. The van der Waals surface area contributed by atoms with E-state index >= 15 is 0 Å². The van der Waals surface area contributed by atoms with Crippen molar-refractivity contribution < 1.29 is 33.6 Å². The fourth-order valence-electron chi connectivity index (χ4n) is 5.08. The van der Waals surface area contributed by atoms with Gasteiger partial charge < -0.3 is 34.7 Å². The van der Waals surface area contributed by atoms with Gasteiger partial charge in [-0.25, -0.2) is 9.59 Å². The molecule has 4 N–H and O–H groups in total. The van der Waals surface area contributed by atoms with Crippen LogP contribution >= 0.6 is 0 Å². The topological polar surface area (TPSA) is 140 Å². The van der Waals surface area contributed by atoms with E-state index in [1.165, 1.54) is 7.11 Å². The number of hydrogen-bond donors (Lipinski definition) is 4. The van der Waals surface area contributed by atoms with Gasteiger partial charge in [0.1, 0.15) is 19.0 Å². The maximum Gasteiger partial charge on any atom is 0.337 e. The zero-order chi connectivity index (χ0) is 32.5. The van der Waals surface area contributed by atoms with Gasteiger partial charge in [-0.2, -0.15) is 5.10 Å². The molecule has 4 aromatic rings. The van der Waals surface area contributed by atoms with Crippen LogP contribution < -0.4 is 30.3 Å². The van der Waals surface area contributed by atoms with Gasteiger partial charge in [-0.1, -0.05) is 66.7 Å². The van der Waals surface area contributed by atoms with Crippen molar-refractivity contribution in [3.8, 4) is 17.2 Å². The Kier molecular flexibility index (Phi) is 10.4. The van der Waals surface area contributed by atoms with Crippen molar-refractivity contribution in [2.24, 2.45) is 5.10 Å². The summed E-state index contributed by atoms with van der Waals surface area (Å²) in [7, 11) is 1.28. The van der Waals surface area contributed by atoms with E-state index in [4.69, 9.17) is 18.9 Å². The number of allylic oxidation sites excluding steroid dienone is 1. The van der Waals surface area contributed by atoms with Gasteiger partial charge >= 0.3 is 12.0 Å².